The summed E-state index contributed by atoms with van der Waals surface area (Å²) in [7, 11) is 0. The van der Waals surface area contributed by atoms with Gasteiger partial charge >= 0.3 is 5.97 Å². The van der Waals surface area contributed by atoms with Gasteiger partial charge in [0.1, 0.15) is 0 Å². The monoisotopic (exact) mass is 360 g/mol. The number of amides is 3. The molecule has 0 unspecified atom stereocenters. The first kappa shape index (κ1) is 18.1. The van der Waals surface area contributed by atoms with Gasteiger partial charge in [-0.05, 0) is 11.6 Å². The predicted molar refractivity (Wildman–Crippen MR) is 89.2 cm³/mol. The quantitative estimate of drug-likeness (QED) is 0.542. The van der Waals surface area contributed by atoms with Gasteiger partial charge in [-0.15, -0.1) is 0 Å². The number of morpholine rings is 1. The summed E-state index contributed by atoms with van der Waals surface area (Å²) in [4.78, 5) is 51.0. The molecular formula is C18H20N2O6. The standard InChI is InChI=1S/C18H20N2O6/c21-15-11-13-3-1-2-4-14(13)18(24)20(15)6-5-17(23)26-12-16(22)19-7-9-25-10-8-19/h1-4H,5-12H2. The maximum absolute atomic E-state index is 12.4. The number of carbonyl (C=O) groups excluding carboxylic acids is 4. The van der Waals surface area contributed by atoms with Crippen molar-refractivity contribution in [2.24, 2.45) is 0 Å². The average molecular weight is 360 g/mol. The number of rotatable bonds is 5. The first-order valence-corrected chi connectivity index (χ1v) is 8.50. The summed E-state index contributed by atoms with van der Waals surface area (Å²) in [5.74, 6) is -1.65. The summed E-state index contributed by atoms with van der Waals surface area (Å²) in [5, 5.41) is 0. The molecule has 2 aliphatic heterocycles. The number of hydrogen-bond acceptors (Lipinski definition) is 6. The molecule has 0 aromatic heterocycles. The van der Waals surface area contributed by atoms with Crippen molar-refractivity contribution in [2.75, 3.05) is 39.5 Å². The molecule has 0 aliphatic carbocycles. The van der Waals surface area contributed by atoms with E-state index < -0.39 is 11.9 Å². The molecule has 1 aromatic carbocycles. The zero-order valence-electron chi connectivity index (χ0n) is 14.3. The number of benzene rings is 1. The third kappa shape index (κ3) is 4.08. The van der Waals surface area contributed by atoms with Gasteiger partial charge in [0.25, 0.3) is 11.8 Å². The minimum absolute atomic E-state index is 0.0589. The van der Waals surface area contributed by atoms with Crippen LogP contribution in [0.3, 0.4) is 0 Å². The molecule has 0 radical (unpaired) electrons. The van der Waals surface area contributed by atoms with Crippen LogP contribution in [0.4, 0.5) is 0 Å². The Kier molecular flexibility index (Phi) is 5.62. The van der Waals surface area contributed by atoms with Crippen LogP contribution < -0.4 is 0 Å². The van der Waals surface area contributed by atoms with Crippen LogP contribution in [0.25, 0.3) is 0 Å². The highest BCUT2D eigenvalue weighted by Gasteiger charge is 2.30. The van der Waals surface area contributed by atoms with E-state index in [1.807, 2.05) is 0 Å². The molecule has 0 bridgehead atoms. The second kappa shape index (κ2) is 8.09. The summed E-state index contributed by atoms with van der Waals surface area (Å²) in [6, 6.07) is 6.92. The minimum atomic E-state index is -0.619. The van der Waals surface area contributed by atoms with E-state index in [1.165, 1.54) is 0 Å². The molecule has 8 heteroatoms. The summed E-state index contributed by atoms with van der Waals surface area (Å²) >= 11 is 0. The van der Waals surface area contributed by atoms with Crippen LogP contribution >= 0.6 is 0 Å². The van der Waals surface area contributed by atoms with Gasteiger partial charge in [-0.3, -0.25) is 24.1 Å². The number of ether oxygens (including phenoxy) is 2. The molecule has 0 spiro atoms. The Morgan fingerprint density at radius 3 is 2.62 bits per heavy atom. The second-order valence-electron chi connectivity index (χ2n) is 6.09. The third-order valence-corrected chi connectivity index (χ3v) is 4.40. The fraction of sp³-hybridized carbons (Fsp3) is 0.444. The first-order chi connectivity index (χ1) is 12.6. The lowest BCUT2D eigenvalue weighted by atomic mass is 9.98. The number of fused-ring (bicyclic) bond motifs is 1. The Bertz CT molecular complexity index is 726. The SMILES string of the molecule is O=C(CCN1C(=O)Cc2ccccc2C1=O)OCC(=O)N1CCOCC1. The molecule has 3 rings (SSSR count). The summed E-state index contributed by atoms with van der Waals surface area (Å²) in [6.07, 6.45) is -0.0114. The van der Waals surface area contributed by atoms with Crippen LogP contribution in [0.1, 0.15) is 22.3 Å². The lowest BCUT2D eigenvalue weighted by molar-refractivity contribution is -0.154. The fourth-order valence-corrected chi connectivity index (χ4v) is 2.95. The van der Waals surface area contributed by atoms with Crippen molar-refractivity contribution < 1.29 is 28.7 Å². The molecule has 0 saturated carbocycles. The Balaban J connectivity index is 1.47. The van der Waals surface area contributed by atoms with Crippen LogP contribution in [0.15, 0.2) is 24.3 Å². The van der Waals surface area contributed by atoms with Crippen LogP contribution in [0, 0.1) is 0 Å². The molecule has 1 saturated heterocycles. The smallest absolute Gasteiger partial charge is 0.308 e. The molecule has 2 aliphatic rings. The van der Waals surface area contributed by atoms with Crippen molar-refractivity contribution >= 4 is 23.7 Å². The van der Waals surface area contributed by atoms with Gasteiger partial charge < -0.3 is 14.4 Å². The van der Waals surface area contributed by atoms with E-state index >= 15 is 0 Å². The van der Waals surface area contributed by atoms with Crippen LogP contribution in [-0.2, 0) is 30.3 Å². The summed E-state index contributed by atoms with van der Waals surface area (Å²) in [5.41, 5.74) is 1.17. The van der Waals surface area contributed by atoms with E-state index in [2.05, 4.69) is 0 Å². The zero-order chi connectivity index (χ0) is 18.5. The Hall–Kier alpha value is -2.74. The third-order valence-electron chi connectivity index (χ3n) is 4.40. The maximum atomic E-state index is 12.4. The number of imide groups is 1. The summed E-state index contributed by atoms with van der Waals surface area (Å²) in [6.45, 7) is 1.50. The number of hydrogen-bond donors (Lipinski definition) is 0. The molecule has 1 fully saturated rings. The lowest BCUT2D eigenvalue weighted by Crippen LogP contribution is -2.44. The largest absolute Gasteiger partial charge is 0.456 e. The average Bonchev–Trinajstić information content (AvgIpc) is 2.66. The predicted octanol–water partition coefficient (Wildman–Crippen LogP) is 0.00360. The highest BCUT2D eigenvalue weighted by atomic mass is 16.5. The van der Waals surface area contributed by atoms with Crippen molar-refractivity contribution in [1.29, 1.82) is 0 Å². The van der Waals surface area contributed by atoms with Gasteiger partial charge in [0, 0.05) is 25.2 Å². The van der Waals surface area contributed by atoms with E-state index in [1.54, 1.807) is 29.2 Å². The molecule has 3 amide bonds. The van der Waals surface area contributed by atoms with E-state index in [-0.39, 0.29) is 37.8 Å². The topological polar surface area (TPSA) is 93.2 Å². The van der Waals surface area contributed by atoms with Gasteiger partial charge in [-0.25, -0.2) is 0 Å². The van der Waals surface area contributed by atoms with Crippen molar-refractivity contribution in [1.82, 2.24) is 9.80 Å². The van der Waals surface area contributed by atoms with Gasteiger partial charge in [-0.2, -0.15) is 0 Å². The normalized spacial score (nSPS) is 17.1. The van der Waals surface area contributed by atoms with E-state index in [9.17, 15) is 19.2 Å². The van der Waals surface area contributed by atoms with Gasteiger partial charge in [0.2, 0.25) is 5.91 Å². The van der Waals surface area contributed by atoms with Crippen LogP contribution in [-0.4, -0.2) is 72.9 Å². The lowest BCUT2D eigenvalue weighted by Gasteiger charge is -2.27. The number of carbonyl (C=O) groups is 4. The Morgan fingerprint density at radius 1 is 1.12 bits per heavy atom. The van der Waals surface area contributed by atoms with Crippen molar-refractivity contribution in [3.05, 3.63) is 35.4 Å². The van der Waals surface area contributed by atoms with E-state index in [0.717, 1.165) is 4.90 Å². The summed E-state index contributed by atoms with van der Waals surface area (Å²) < 4.78 is 10.1. The van der Waals surface area contributed by atoms with E-state index in [0.29, 0.717) is 37.4 Å². The highest BCUT2D eigenvalue weighted by Crippen LogP contribution is 2.19. The molecule has 1 aromatic rings. The number of esters is 1. The van der Waals surface area contributed by atoms with Crippen LogP contribution in [0.5, 0.6) is 0 Å². The van der Waals surface area contributed by atoms with Crippen molar-refractivity contribution in [3.63, 3.8) is 0 Å². The van der Waals surface area contributed by atoms with E-state index in [4.69, 9.17) is 9.47 Å². The Morgan fingerprint density at radius 2 is 1.85 bits per heavy atom. The van der Waals surface area contributed by atoms with Gasteiger partial charge in [-0.1, -0.05) is 18.2 Å². The first-order valence-electron chi connectivity index (χ1n) is 8.50. The van der Waals surface area contributed by atoms with Gasteiger partial charge in [0.15, 0.2) is 6.61 Å². The maximum Gasteiger partial charge on any atom is 0.308 e. The molecule has 8 nitrogen and oxygen atoms in total. The molecular weight excluding hydrogens is 340 g/mol. The van der Waals surface area contributed by atoms with Crippen LogP contribution in [0.2, 0.25) is 0 Å². The van der Waals surface area contributed by atoms with Crippen molar-refractivity contribution in [3.8, 4) is 0 Å². The molecule has 0 atom stereocenters. The fourth-order valence-electron chi connectivity index (χ4n) is 2.95. The molecule has 26 heavy (non-hydrogen) atoms. The minimum Gasteiger partial charge on any atom is -0.456 e. The second-order valence-corrected chi connectivity index (χ2v) is 6.09. The Labute approximate surface area is 150 Å². The molecule has 0 N–H and O–H groups in total. The molecule has 138 valence electrons. The zero-order valence-corrected chi connectivity index (χ0v) is 14.3. The molecule has 2 heterocycles. The van der Waals surface area contributed by atoms with Gasteiger partial charge in [0.05, 0.1) is 26.1 Å². The van der Waals surface area contributed by atoms with Crippen molar-refractivity contribution in [2.45, 2.75) is 12.8 Å². The highest BCUT2D eigenvalue weighted by molar-refractivity contribution is 6.09. The number of nitrogens with zero attached hydrogens (tertiary/aromatic N) is 2.